The number of anilines is 1. The quantitative estimate of drug-likeness (QED) is 0.664. The first-order chi connectivity index (χ1) is 12.7. The Morgan fingerprint density at radius 1 is 1.18 bits per heavy atom. The zero-order valence-corrected chi connectivity index (χ0v) is 16.1. The average Bonchev–Trinajstić information content (AvgIpc) is 2.98. The van der Waals surface area contributed by atoms with Gasteiger partial charge < -0.3 is 16.2 Å². The summed E-state index contributed by atoms with van der Waals surface area (Å²) in [6.45, 7) is 2.30. The van der Waals surface area contributed by atoms with E-state index < -0.39 is 53.7 Å². The molecule has 2 aromatic rings. The molecule has 0 aliphatic carbocycles. The number of carbonyl (C=O) groups is 2. The Morgan fingerprint density at radius 2 is 1.75 bits per heavy atom. The fourth-order valence-corrected chi connectivity index (χ4v) is 5.05. The molecule has 0 radical (unpaired) electrons. The zero-order valence-electron chi connectivity index (χ0n) is 14.5. The van der Waals surface area contributed by atoms with Crippen LogP contribution in [0.2, 0.25) is 0 Å². The number of carbonyl (C=O) groups excluding carboxylic acids is 2. The molecule has 2 rings (SSSR count). The zero-order chi connectivity index (χ0) is 21.5. The van der Waals surface area contributed by atoms with Crippen molar-refractivity contribution < 1.29 is 36.3 Å². The molecule has 1 heterocycles. The number of halogens is 3. The summed E-state index contributed by atoms with van der Waals surface area (Å²) in [5.41, 5.74) is 1.53. The Bertz CT molecular complexity index is 1040. The monoisotopic (exact) mass is 436 g/mol. The molecule has 7 nitrogen and oxygen atoms in total. The summed E-state index contributed by atoms with van der Waals surface area (Å²) in [5.74, 6) is -2.07. The number of sulfone groups is 1. The van der Waals surface area contributed by atoms with Gasteiger partial charge in [0.25, 0.3) is 11.8 Å². The molecule has 1 aromatic carbocycles. The predicted molar refractivity (Wildman–Crippen MR) is 94.7 cm³/mol. The smallest absolute Gasteiger partial charge is 0.381 e. The van der Waals surface area contributed by atoms with E-state index in [-0.39, 0.29) is 5.00 Å². The number of alkyl halides is 3. The summed E-state index contributed by atoms with van der Waals surface area (Å²) in [6.07, 6.45) is -4.93. The fourth-order valence-electron chi connectivity index (χ4n) is 2.08. The van der Waals surface area contributed by atoms with Gasteiger partial charge in [0.05, 0.1) is 16.0 Å². The summed E-state index contributed by atoms with van der Waals surface area (Å²) >= 11 is 0.354. The van der Waals surface area contributed by atoms with Gasteiger partial charge in [-0.2, -0.15) is 13.2 Å². The van der Waals surface area contributed by atoms with Gasteiger partial charge in [0.2, 0.25) is 9.84 Å². The van der Waals surface area contributed by atoms with E-state index in [1.807, 2.05) is 0 Å². The molecule has 0 bridgehead atoms. The number of nitrogens with two attached hydrogens (primary N) is 1. The summed E-state index contributed by atoms with van der Waals surface area (Å²) in [6, 6.07) is 4.36. The molecule has 0 saturated carbocycles. The second-order valence-corrected chi connectivity index (χ2v) is 9.38. The van der Waals surface area contributed by atoms with E-state index in [4.69, 9.17) is 5.73 Å². The Hall–Kier alpha value is -2.44. The van der Waals surface area contributed by atoms with Crippen LogP contribution < -0.4 is 11.1 Å². The number of aliphatic hydroxyl groups is 1. The topological polar surface area (TPSA) is 127 Å². The molecule has 12 heteroatoms. The van der Waals surface area contributed by atoms with Gasteiger partial charge in [0, 0.05) is 0 Å². The van der Waals surface area contributed by atoms with Crippen molar-refractivity contribution in [1.82, 2.24) is 0 Å². The highest BCUT2D eigenvalue weighted by atomic mass is 32.2. The lowest BCUT2D eigenvalue weighted by atomic mass is 10.1. The van der Waals surface area contributed by atoms with Crippen LogP contribution in [0.5, 0.6) is 0 Å². The van der Waals surface area contributed by atoms with Gasteiger partial charge in [0.1, 0.15) is 14.8 Å². The molecule has 0 unspecified atom stereocenters. The van der Waals surface area contributed by atoms with Gasteiger partial charge >= 0.3 is 6.18 Å². The normalized spacial score (nSPS) is 12.6. The minimum Gasteiger partial charge on any atom is -0.381 e. The lowest BCUT2D eigenvalue weighted by Gasteiger charge is -2.16. The molecule has 0 fully saturated rings. The van der Waals surface area contributed by atoms with Crippen LogP contribution in [0.1, 0.15) is 29.8 Å². The number of nitrogens with one attached hydrogen (secondary N) is 1. The number of hydrogen-bond donors (Lipinski definition) is 3. The van der Waals surface area contributed by atoms with E-state index in [0.29, 0.717) is 17.4 Å². The van der Waals surface area contributed by atoms with Gasteiger partial charge in [-0.1, -0.05) is 12.1 Å². The highest BCUT2D eigenvalue weighted by Crippen LogP contribution is 2.40. The minimum absolute atomic E-state index is 0.303. The first kappa shape index (κ1) is 21.9. The van der Waals surface area contributed by atoms with E-state index in [1.165, 1.54) is 0 Å². The minimum atomic E-state index is -4.93. The molecule has 0 spiro atoms. The predicted octanol–water partition coefficient (Wildman–Crippen LogP) is 2.41. The first-order valence-electron chi connectivity index (χ1n) is 7.54. The van der Waals surface area contributed by atoms with E-state index in [1.54, 1.807) is 0 Å². The van der Waals surface area contributed by atoms with Crippen LogP contribution in [0.25, 0.3) is 0 Å². The maximum absolute atomic E-state index is 13.2. The van der Waals surface area contributed by atoms with Crippen LogP contribution >= 0.6 is 11.3 Å². The van der Waals surface area contributed by atoms with Crippen molar-refractivity contribution in [2.45, 2.75) is 34.7 Å². The average molecular weight is 436 g/mol. The molecular weight excluding hydrogens is 421 g/mol. The van der Waals surface area contributed by atoms with Gasteiger partial charge in [-0.3, -0.25) is 9.59 Å². The molecule has 4 N–H and O–H groups in total. The SMILES string of the molecule is CC(C)(O)C(=O)Nc1sc(S(=O)(=O)c2ccccc2C(F)(F)F)cc1C(N)=O. The van der Waals surface area contributed by atoms with Crippen LogP contribution in [0.3, 0.4) is 0 Å². The third kappa shape index (κ3) is 4.34. The summed E-state index contributed by atoms with van der Waals surface area (Å²) in [7, 11) is -4.68. The maximum atomic E-state index is 13.2. The molecule has 1 aromatic heterocycles. The Balaban J connectivity index is 2.62. The molecule has 0 atom stereocenters. The second kappa shape index (κ2) is 7.18. The Morgan fingerprint density at radius 3 is 2.25 bits per heavy atom. The lowest BCUT2D eigenvalue weighted by molar-refractivity contribution is -0.139. The van der Waals surface area contributed by atoms with Crippen molar-refractivity contribution in [3.8, 4) is 0 Å². The van der Waals surface area contributed by atoms with Crippen LogP contribution in [0, 0.1) is 0 Å². The van der Waals surface area contributed by atoms with Crippen molar-refractivity contribution in [1.29, 1.82) is 0 Å². The largest absolute Gasteiger partial charge is 0.417 e. The molecule has 0 saturated heterocycles. The van der Waals surface area contributed by atoms with E-state index >= 15 is 0 Å². The molecule has 152 valence electrons. The first-order valence-corrected chi connectivity index (χ1v) is 9.84. The summed E-state index contributed by atoms with van der Waals surface area (Å²) < 4.78 is 64.5. The van der Waals surface area contributed by atoms with E-state index in [0.717, 1.165) is 38.1 Å². The van der Waals surface area contributed by atoms with Gasteiger partial charge in [-0.25, -0.2) is 8.42 Å². The van der Waals surface area contributed by atoms with Gasteiger partial charge in [-0.15, -0.1) is 11.3 Å². The third-order valence-corrected chi connectivity index (χ3v) is 6.84. The standard InChI is InChI=1S/C16H15F3N2O5S2/c1-15(2,24)14(23)21-13-8(12(20)22)7-11(27-13)28(25,26)10-6-4-3-5-9(10)16(17,18)19/h3-7,24H,1-2H3,(H2,20,22)(H,21,23). The third-order valence-electron chi connectivity index (χ3n) is 3.50. The number of rotatable bonds is 5. The van der Waals surface area contributed by atoms with Crippen LogP contribution in [-0.4, -0.2) is 30.9 Å². The van der Waals surface area contributed by atoms with Gasteiger partial charge in [0.15, 0.2) is 0 Å². The highest BCUT2D eigenvalue weighted by molar-refractivity contribution is 7.93. The van der Waals surface area contributed by atoms with Crippen molar-refractivity contribution in [3.63, 3.8) is 0 Å². The summed E-state index contributed by atoms with van der Waals surface area (Å²) in [4.78, 5) is 22.5. The number of amides is 2. The lowest BCUT2D eigenvalue weighted by Crippen LogP contribution is -2.36. The second-order valence-electron chi connectivity index (χ2n) is 6.18. The van der Waals surface area contributed by atoms with Crippen molar-refractivity contribution in [2.75, 3.05) is 5.32 Å². The summed E-state index contributed by atoms with van der Waals surface area (Å²) in [5, 5.41) is 11.5. The molecule has 2 amide bonds. The molecule has 0 aliphatic rings. The van der Waals surface area contributed by atoms with Gasteiger partial charge in [-0.05, 0) is 32.0 Å². The maximum Gasteiger partial charge on any atom is 0.417 e. The van der Waals surface area contributed by atoms with Crippen molar-refractivity contribution in [3.05, 3.63) is 41.5 Å². The highest BCUT2D eigenvalue weighted by Gasteiger charge is 2.38. The number of hydrogen-bond acceptors (Lipinski definition) is 6. The number of benzene rings is 1. The van der Waals surface area contributed by atoms with Crippen molar-refractivity contribution >= 4 is 38.0 Å². The van der Waals surface area contributed by atoms with E-state index in [2.05, 4.69) is 5.32 Å². The van der Waals surface area contributed by atoms with E-state index in [9.17, 15) is 36.3 Å². The number of thiophene rings is 1. The van der Waals surface area contributed by atoms with Crippen LogP contribution in [0.15, 0.2) is 39.4 Å². The van der Waals surface area contributed by atoms with Crippen LogP contribution in [-0.2, 0) is 20.8 Å². The fraction of sp³-hybridized carbons (Fsp3) is 0.250. The Kier molecular flexibility index (Phi) is 5.61. The van der Waals surface area contributed by atoms with Crippen molar-refractivity contribution in [2.24, 2.45) is 5.73 Å². The Labute approximate surface area is 161 Å². The van der Waals surface area contributed by atoms with Crippen LogP contribution in [0.4, 0.5) is 18.2 Å². The molecular formula is C16H15F3N2O5S2. The molecule has 28 heavy (non-hydrogen) atoms. The molecule has 0 aliphatic heterocycles. The number of primary amides is 1.